The number of benzene rings is 3. The largest absolute Gasteiger partial charge is 0.457 e. The van der Waals surface area contributed by atoms with Gasteiger partial charge in [0.25, 0.3) is 0 Å². The molecule has 0 aromatic heterocycles. The highest BCUT2D eigenvalue weighted by Crippen LogP contribution is 2.25. The molecule has 0 spiro atoms. The summed E-state index contributed by atoms with van der Waals surface area (Å²) in [6, 6.07) is 24.3. The maximum absolute atomic E-state index is 13.2. The summed E-state index contributed by atoms with van der Waals surface area (Å²) in [5, 5.41) is 8.93. The molecule has 0 radical (unpaired) electrons. The van der Waals surface area contributed by atoms with Crippen molar-refractivity contribution in [2.75, 3.05) is 23.3 Å². The van der Waals surface area contributed by atoms with Gasteiger partial charge in [0.05, 0.1) is 0 Å². The van der Waals surface area contributed by atoms with Crippen LogP contribution in [0.25, 0.3) is 0 Å². The second-order valence-electron chi connectivity index (χ2n) is 9.10. The molecular weight excluding hydrogens is 452 g/mol. The Kier molecular flexibility index (Phi) is 8.81. The summed E-state index contributed by atoms with van der Waals surface area (Å²) in [5.41, 5.74) is 2.48. The van der Waals surface area contributed by atoms with Crippen LogP contribution in [-0.2, 0) is 0 Å². The van der Waals surface area contributed by atoms with E-state index >= 15 is 0 Å². The highest BCUT2D eigenvalue weighted by Gasteiger charge is 2.18. The Morgan fingerprint density at radius 3 is 2.33 bits per heavy atom. The van der Waals surface area contributed by atoms with Gasteiger partial charge in [0.2, 0.25) is 0 Å². The summed E-state index contributed by atoms with van der Waals surface area (Å²) < 4.78 is 5.88. The van der Waals surface area contributed by atoms with Gasteiger partial charge in [-0.3, -0.25) is 4.90 Å². The van der Waals surface area contributed by atoms with Crippen molar-refractivity contribution < 1.29 is 14.3 Å². The van der Waals surface area contributed by atoms with Crippen molar-refractivity contribution >= 4 is 23.4 Å². The molecule has 1 aliphatic carbocycles. The number of nitrogens with one attached hydrogen (secondary N) is 3. The summed E-state index contributed by atoms with van der Waals surface area (Å²) in [4.78, 5) is 27.3. The number of hydrogen-bond donors (Lipinski definition) is 3. The molecule has 0 aliphatic heterocycles. The third kappa shape index (κ3) is 7.50. The molecule has 4 amide bonds. The van der Waals surface area contributed by atoms with E-state index in [1.54, 1.807) is 4.90 Å². The van der Waals surface area contributed by atoms with Crippen LogP contribution in [0.1, 0.15) is 37.7 Å². The van der Waals surface area contributed by atoms with E-state index in [1.165, 1.54) is 6.42 Å². The first kappa shape index (κ1) is 25.1. The van der Waals surface area contributed by atoms with Gasteiger partial charge in [0.15, 0.2) is 0 Å². The summed E-state index contributed by atoms with van der Waals surface area (Å²) in [5.74, 6) is 1.42. The zero-order valence-corrected chi connectivity index (χ0v) is 20.7. The molecule has 1 fully saturated rings. The number of rotatable bonds is 8. The van der Waals surface area contributed by atoms with Gasteiger partial charge in [-0.05, 0) is 73.9 Å². The SMILES string of the molecule is Cc1cccc(NC(=O)N(CCNC(=O)NC2CCCCC2)c2ccc(Oc3ccccc3)cc2)c1. The molecule has 7 heteroatoms. The van der Waals surface area contributed by atoms with Gasteiger partial charge in [0.1, 0.15) is 11.5 Å². The number of carbonyl (C=O) groups is 2. The first-order valence-corrected chi connectivity index (χ1v) is 12.6. The zero-order chi connectivity index (χ0) is 25.2. The van der Waals surface area contributed by atoms with Gasteiger partial charge in [-0.2, -0.15) is 0 Å². The van der Waals surface area contributed by atoms with Crippen molar-refractivity contribution in [3.8, 4) is 11.5 Å². The number of anilines is 2. The molecule has 188 valence electrons. The fourth-order valence-corrected chi connectivity index (χ4v) is 4.35. The van der Waals surface area contributed by atoms with E-state index in [0.29, 0.717) is 24.5 Å². The van der Waals surface area contributed by atoms with E-state index in [2.05, 4.69) is 16.0 Å². The number of ether oxygens (including phenoxy) is 1. The maximum Gasteiger partial charge on any atom is 0.326 e. The number of aryl methyl sites for hydroxylation is 1. The lowest BCUT2D eigenvalue weighted by Gasteiger charge is -2.25. The van der Waals surface area contributed by atoms with Gasteiger partial charge in [0, 0.05) is 30.5 Å². The van der Waals surface area contributed by atoms with Crippen molar-refractivity contribution in [1.29, 1.82) is 0 Å². The smallest absolute Gasteiger partial charge is 0.326 e. The summed E-state index contributed by atoms with van der Waals surface area (Å²) in [6.45, 7) is 2.62. The maximum atomic E-state index is 13.2. The van der Waals surface area contributed by atoms with Crippen LogP contribution in [0.2, 0.25) is 0 Å². The third-order valence-corrected chi connectivity index (χ3v) is 6.20. The number of para-hydroxylation sites is 1. The van der Waals surface area contributed by atoms with Crippen molar-refractivity contribution in [3.05, 3.63) is 84.4 Å². The molecule has 36 heavy (non-hydrogen) atoms. The minimum Gasteiger partial charge on any atom is -0.457 e. The van der Waals surface area contributed by atoms with Gasteiger partial charge in [-0.15, -0.1) is 0 Å². The molecule has 1 saturated carbocycles. The summed E-state index contributed by atoms with van der Waals surface area (Å²) in [7, 11) is 0. The van der Waals surface area contributed by atoms with Crippen LogP contribution in [0.4, 0.5) is 21.0 Å². The van der Waals surface area contributed by atoms with Gasteiger partial charge in [-0.1, -0.05) is 49.6 Å². The summed E-state index contributed by atoms with van der Waals surface area (Å²) >= 11 is 0. The van der Waals surface area contributed by atoms with Crippen LogP contribution in [0.15, 0.2) is 78.9 Å². The second-order valence-corrected chi connectivity index (χ2v) is 9.10. The van der Waals surface area contributed by atoms with E-state index in [1.807, 2.05) is 85.8 Å². The molecule has 1 aliphatic rings. The van der Waals surface area contributed by atoms with Crippen molar-refractivity contribution in [1.82, 2.24) is 10.6 Å². The van der Waals surface area contributed by atoms with Crippen LogP contribution < -0.4 is 25.6 Å². The average molecular weight is 487 g/mol. The first-order valence-electron chi connectivity index (χ1n) is 12.6. The lowest BCUT2D eigenvalue weighted by molar-refractivity contribution is 0.232. The zero-order valence-electron chi connectivity index (χ0n) is 20.7. The number of hydrogen-bond acceptors (Lipinski definition) is 3. The van der Waals surface area contributed by atoms with E-state index < -0.39 is 0 Å². The predicted octanol–water partition coefficient (Wildman–Crippen LogP) is 6.46. The van der Waals surface area contributed by atoms with E-state index in [4.69, 9.17) is 4.74 Å². The Morgan fingerprint density at radius 1 is 0.889 bits per heavy atom. The second kappa shape index (κ2) is 12.6. The fraction of sp³-hybridized carbons (Fsp3) is 0.310. The molecule has 0 saturated heterocycles. The van der Waals surface area contributed by atoms with Gasteiger partial charge >= 0.3 is 12.1 Å². The number of nitrogens with zero attached hydrogens (tertiary/aromatic N) is 1. The summed E-state index contributed by atoms with van der Waals surface area (Å²) in [6.07, 6.45) is 5.59. The monoisotopic (exact) mass is 486 g/mol. The van der Waals surface area contributed by atoms with Crippen molar-refractivity contribution in [2.24, 2.45) is 0 Å². The highest BCUT2D eigenvalue weighted by atomic mass is 16.5. The van der Waals surface area contributed by atoms with Gasteiger partial charge in [-0.25, -0.2) is 9.59 Å². The Balaban J connectivity index is 1.41. The predicted molar refractivity (Wildman–Crippen MR) is 144 cm³/mol. The Labute approximate surface area is 212 Å². The lowest BCUT2D eigenvalue weighted by atomic mass is 9.96. The molecule has 3 aromatic carbocycles. The quantitative estimate of drug-likeness (QED) is 0.342. The molecule has 7 nitrogen and oxygen atoms in total. The third-order valence-electron chi connectivity index (χ3n) is 6.20. The minimum atomic E-state index is -0.271. The minimum absolute atomic E-state index is 0.187. The topological polar surface area (TPSA) is 82.7 Å². The van der Waals surface area contributed by atoms with Crippen molar-refractivity contribution in [3.63, 3.8) is 0 Å². The fourth-order valence-electron chi connectivity index (χ4n) is 4.35. The standard InChI is InChI=1S/C29H34N4O3/c1-22-9-8-12-24(21-22)32-29(35)33(20-19-30-28(34)31-23-10-4-2-5-11-23)25-15-17-27(18-16-25)36-26-13-6-3-7-14-26/h3,6-9,12-18,21,23H,2,4-5,10-11,19-20H2,1H3,(H,32,35)(H2,30,31,34). The average Bonchev–Trinajstić information content (AvgIpc) is 2.88. The molecule has 0 bridgehead atoms. The Morgan fingerprint density at radius 2 is 1.61 bits per heavy atom. The first-order chi connectivity index (χ1) is 17.6. The molecule has 0 heterocycles. The van der Waals surface area contributed by atoms with E-state index in [9.17, 15) is 9.59 Å². The van der Waals surface area contributed by atoms with Gasteiger partial charge < -0.3 is 20.7 Å². The van der Waals surface area contributed by atoms with Crippen LogP contribution >= 0.6 is 0 Å². The van der Waals surface area contributed by atoms with E-state index in [-0.39, 0.29) is 18.1 Å². The molecule has 3 N–H and O–H groups in total. The molecule has 3 aromatic rings. The van der Waals surface area contributed by atoms with Crippen molar-refractivity contribution in [2.45, 2.75) is 45.1 Å². The van der Waals surface area contributed by atoms with Crippen LogP contribution in [-0.4, -0.2) is 31.2 Å². The molecule has 0 unspecified atom stereocenters. The molecule has 0 atom stereocenters. The van der Waals surface area contributed by atoms with Crippen LogP contribution in [0.3, 0.4) is 0 Å². The Bertz CT molecular complexity index is 1130. The van der Waals surface area contributed by atoms with E-state index in [0.717, 1.165) is 42.7 Å². The Hall–Kier alpha value is -4.00. The number of urea groups is 2. The van der Waals surface area contributed by atoms with Crippen LogP contribution in [0.5, 0.6) is 11.5 Å². The number of amides is 4. The number of carbonyl (C=O) groups excluding carboxylic acids is 2. The highest BCUT2D eigenvalue weighted by molar-refractivity contribution is 6.01. The lowest BCUT2D eigenvalue weighted by Crippen LogP contribution is -2.46. The normalized spacial score (nSPS) is 13.5. The molecule has 4 rings (SSSR count). The van der Waals surface area contributed by atoms with Crippen LogP contribution in [0, 0.1) is 6.92 Å². The molecular formula is C29H34N4O3.